The Morgan fingerprint density at radius 2 is 1.70 bits per heavy atom. The van der Waals surface area contributed by atoms with Gasteiger partial charge in [-0.15, -0.1) is 0 Å². The van der Waals surface area contributed by atoms with Crippen LogP contribution in [0.25, 0.3) is 0 Å². The van der Waals surface area contributed by atoms with Gasteiger partial charge in [-0.1, -0.05) is 0 Å². The third-order valence-electron chi connectivity index (χ3n) is 5.41. The highest BCUT2D eigenvalue weighted by molar-refractivity contribution is 5.94. The second-order valence-electron chi connectivity index (χ2n) is 7.83. The molecule has 33 heavy (non-hydrogen) atoms. The van der Waals surface area contributed by atoms with E-state index >= 15 is 0 Å². The minimum absolute atomic E-state index is 0.0240. The number of ether oxygens (including phenoxy) is 1. The molecule has 0 bridgehead atoms. The van der Waals surface area contributed by atoms with E-state index in [0.29, 0.717) is 26.0 Å². The standard InChI is InChI=1S/C22H28FN3O7/c23-16-5-3-15(4-6-16)21(30)26-9-8-25(22(31)17-12-33-14-24-17)7-1-2-10-32-13-19(28)20(29)18(27)11-26/h3-6,12,14,18-20,27-29H,1-2,7-11,13H2/t18-,19+,20+/m0/s1. The number of nitrogens with zero attached hydrogens (tertiary/aromatic N) is 3. The van der Waals surface area contributed by atoms with E-state index in [1.807, 2.05) is 0 Å². The molecule has 2 heterocycles. The van der Waals surface area contributed by atoms with Crippen LogP contribution < -0.4 is 0 Å². The summed E-state index contributed by atoms with van der Waals surface area (Å²) in [6, 6.07) is 4.91. The molecule has 3 N–H and O–H groups in total. The number of halogens is 1. The van der Waals surface area contributed by atoms with E-state index in [4.69, 9.17) is 9.15 Å². The fourth-order valence-corrected chi connectivity index (χ4v) is 3.49. The number of rotatable bonds is 2. The number of aromatic nitrogens is 1. The minimum atomic E-state index is -1.55. The molecule has 1 aliphatic heterocycles. The molecule has 1 saturated heterocycles. The summed E-state index contributed by atoms with van der Waals surface area (Å²) < 4.78 is 23.6. The molecule has 2 amide bonds. The van der Waals surface area contributed by atoms with Crippen LogP contribution in [0.3, 0.4) is 0 Å². The second kappa shape index (κ2) is 11.8. The predicted molar refractivity (Wildman–Crippen MR) is 113 cm³/mol. The van der Waals surface area contributed by atoms with Crippen LogP contribution in [0.5, 0.6) is 0 Å². The van der Waals surface area contributed by atoms with Crippen molar-refractivity contribution >= 4 is 11.8 Å². The van der Waals surface area contributed by atoms with E-state index in [2.05, 4.69) is 4.98 Å². The lowest BCUT2D eigenvalue weighted by Gasteiger charge is -2.32. The number of aliphatic hydroxyl groups is 3. The highest BCUT2D eigenvalue weighted by Crippen LogP contribution is 2.13. The van der Waals surface area contributed by atoms with Gasteiger partial charge in [0.1, 0.15) is 30.4 Å². The van der Waals surface area contributed by atoms with Gasteiger partial charge < -0.3 is 34.3 Å². The minimum Gasteiger partial charge on any atom is -0.451 e. The maximum Gasteiger partial charge on any atom is 0.275 e. The number of hydrogen-bond donors (Lipinski definition) is 3. The number of β-amino-alcohol motifs (C(OH)–C–C–N with tert-alkyl or cyclic N) is 1. The van der Waals surface area contributed by atoms with E-state index in [0.717, 1.165) is 18.5 Å². The lowest BCUT2D eigenvalue weighted by atomic mass is 10.1. The fraction of sp³-hybridized carbons (Fsp3) is 0.500. The summed E-state index contributed by atoms with van der Waals surface area (Å²) in [7, 11) is 0. The van der Waals surface area contributed by atoms with Crippen LogP contribution in [0.4, 0.5) is 4.39 Å². The van der Waals surface area contributed by atoms with E-state index in [1.165, 1.54) is 28.2 Å². The van der Waals surface area contributed by atoms with Gasteiger partial charge >= 0.3 is 0 Å². The lowest BCUT2D eigenvalue weighted by molar-refractivity contribution is -0.0932. The third kappa shape index (κ3) is 6.81. The maximum atomic E-state index is 13.3. The molecule has 3 rings (SSSR count). The molecule has 10 nitrogen and oxygen atoms in total. The maximum absolute atomic E-state index is 13.3. The number of benzene rings is 1. The first-order valence-corrected chi connectivity index (χ1v) is 10.7. The summed E-state index contributed by atoms with van der Waals surface area (Å²) in [6.07, 6.45) is -0.794. The number of carbonyl (C=O) groups excluding carboxylic acids is 2. The van der Waals surface area contributed by atoms with Gasteiger partial charge in [-0.2, -0.15) is 0 Å². The third-order valence-corrected chi connectivity index (χ3v) is 5.41. The summed E-state index contributed by atoms with van der Waals surface area (Å²) in [5.74, 6) is -1.40. The van der Waals surface area contributed by atoms with Gasteiger partial charge in [0.2, 0.25) is 0 Å². The highest BCUT2D eigenvalue weighted by Gasteiger charge is 2.30. The van der Waals surface area contributed by atoms with Crippen molar-refractivity contribution in [2.75, 3.05) is 39.4 Å². The normalized spacial score (nSPS) is 23.7. The van der Waals surface area contributed by atoms with Crippen molar-refractivity contribution in [3.63, 3.8) is 0 Å². The van der Waals surface area contributed by atoms with Crippen molar-refractivity contribution in [3.8, 4) is 0 Å². The van der Waals surface area contributed by atoms with Gasteiger partial charge in [0.05, 0.1) is 6.61 Å². The first kappa shape index (κ1) is 24.8. The molecule has 1 aliphatic rings. The molecular weight excluding hydrogens is 437 g/mol. The number of amides is 2. The predicted octanol–water partition coefficient (Wildman–Crippen LogP) is 0.291. The Morgan fingerprint density at radius 1 is 0.970 bits per heavy atom. The Kier molecular flexibility index (Phi) is 8.89. The summed E-state index contributed by atoms with van der Waals surface area (Å²) >= 11 is 0. The summed E-state index contributed by atoms with van der Waals surface area (Å²) in [6.45, 7) is 0.301. The SMILES string of the molecule is O=C(c1ccc(F)cc1)N1CCN(C(=O)c2cocn2)CCCCOC[C@@H](O)[C@H](O)[C@@H](O)C1. The highest BCUT2D eigenvalue weighted by atomic mass is 19.1. The Labute approximate surface area is 190 Å². The van der Waals surface area contributed by atoms with Gasteiger partial charge in [0.15, 0.2) is 12.1 Å². The molecule has 1 aromatic carbocycles. The molecule has 1 aromatic heterocycles. The molecule has 0 radical (unpaired) electrons. The van der Waals surface area contributed by atoms with Crippen molar-refractivity contribution in [1.29, 1.82) is 0 Å². The molecule has 0 spiro atoms. The van der Waals surface area contributed by atoms with Crippen LogP contribution in [-0.4, -0.2) is 99.6 Å². The molecule has 0 saturated carbocycles. The first-order valence-electron chi connectivity index (χ1n) is 10.7. The van der Waals surface area contributed by atoms with Gasteiger partial charge in [0, 0.05) is 38.3 Å². The van der Waals surface area contributed by atoms with Crippen molar-refractivity contribution < 1.29 is 38.5 Å². The van der Waals surface area contributed by atoms with Crippen LogP contribution in [0, 0.1) is 5.82 Å². The first-order chi connectivity index (χ1) is 15.9. The fourth-order valence-electron chi connectivity index (χ4n) is 3.49. The molecular formula is C22H28FN3O7. The number of aliphatic hydroxyl groups excluding tert-OH is 3. The molecule has 3 atom stereocenters. The number of hydrogen-bond acceptors (Lipinski definition) is 8. The molecule has 180 valence electrons. The van der Waals surface area contributed by atoms with Crippen molar-refractivity contribution in [3.05, 3.63) is 54.0 Å². The van der Waals surface area contributed by atoms with Gasteiger partial charge in [0.25, 0.3) is 11.8 Å². The van der Waals surface area contributed by atoms with E-state index in [-0.39, 0.29) is 43.4 Å². The van der Waals surface area contributed by atoms with E-state index < -0.39 is 30.0 Å². The molecule has 1 fully saturated rings. The van der Waals surface area contributed by atoms with Crippen LogP contribution in [0.1, 0.15) is 33.7 Å². The monoisotopic (exact) mass is 465 g/mol. The van der Waals surface area contributed by atoms with Crippen molar-refractivity contribution in [2.45, 2.75) is 31.2 Å². The summed E-state index contributed by atoms with van der Waals surface area (Å²) in [5, 5.41) is 30.9. The van der Waals surface area contributed by atoms with Gasteiger partial charge in [-0.05, 0) is 37.1 Å². The van der Waals surface area contributed by atoms with E-state index in [9.17, 15) is 29.3 Å². The molecule has 11 heteroatoms. The van der Waals surface area contributed by atoms with Gasteiger partial charge in [-0.3, -0.25) is 9.59 Å². The smallest absolute Gasteiger partial charge is 0.275 e. The largest absolute Gasteiger partial charge is 0.451 e. The number of carbonyl (C=O) groups is 2. The quantitative estimate of drug-likeness (QED) is 0.576. The summed E-state index contributed by atoms with van der Waals surface area (Å²) in [4.78, 5) is 32.6. The number of oxazole rings is 1. The van der Waals surface area contributed by atoms with Gasteiger partial charge in [-0.25, -0.2) is 9.37 Å². The zero-order chi connectivity index (χ0) is 23.8. The van der Waals surface area contributed by atoms with E-state index in [1.54, 1.807) is 0 Å². The Hall–Kier alpha value is -2.86. The van der Waals surface area contributed by atoms with Crippen LogP contribution >= 0.6 is 0 Å². The van der Waals surface area contributed by atoms with Crippen molar-refractivity contribution in [1.82, 2.24) is 14.8 Å². The van der Waals surface area contributed by atoms with Crippen LogP contribution in [-0.2, 0) is 4.74 Å². The molecule has 2 aromatic rings. The Balaban J connectivity index is 1.82. The average Bonchev–Trinajstić information content (AvgIpc) is 3.35. The zero-order valence-corrected chi connectivity index (χ0v) is 18.0. The Bertz CT molecular complexity index is 894. The summed E-state index contributed by atoms with van der Waals surface area (Å²) in [5.41, 5.74) is 0.305. The second-order valence-corrected chi connectivity index (χ2v) is 7.83. The van der Waals surface area contributed by atoms with Crippen molar-refractivity contribution in [2.24, 2.45) is 0 Å². The van der Waals surface area contributed by atoms with Crippen LogP contribution in [0.15, 0.2) is 41.3 Å². The lowest BCUT2D eigenvalue weighted by Crippen LogP contribution is -2.50. The average molecular weight is 465 g/mol. The van der Waals surface area contributed by atoms with Crippen LogP contribution in [0.2, 0.25) is 0 Å². The Morgan fingerprint density at radius 3 is 2.39 bits per heavy atom. The molecule has 0 aliphatic carbocycles. The zero-order valence-electron chi connectivity index (χ0n) is 18.0. The molecule has 0 unspecified atom stereocenters. The topological polar surface area (TPSA) is 137 Å².